The summed E-state index contributed by atoms with van der Waals surface area (Å²) in [6.07, 6.45) is -0.0213. The van der Waals surface area contributed by atoms with Crippen molar-refractivity contribution in [1.29, 1.82) is 0 Å². The minimum absolute atomic E-state index is 0.0331. The fourth-order valence-electron chi connectivity index (χ4n) is 6.76. The molecule has 0 radical (unpaired) electrons. The lowest BCUT2D eigenvalue weighted by atomic mass is 9.84. The van der Waals surface area contributed by atoms with Gasteiger partial charge in [-0.15, -0.1) is 11.3 Å². The molecule has 5 rings (SSSR count). The van der Waals surface area contributed by atoms with E-state index in [2.05, 4.69) is 20.9 Å². The normalized spacial score (nSPS) is 17.6. The number of nitrogens with one attached hydrogen (secondary N) is 3. The lowest BCUT2D eigenvalue weighted by Gasteiger charge is -2.34. The molecule has 0 unspecified atom stereocenters. The average Bonchev–Trinajstić information content (AvgIpc) is 3.64. The maximum absolute atomic E-state index is 15.0. The van der Waals surface area contributed by atoms with E-state index in [1.165, 1.54) is 13.2 Å². The highest BCUT2D eigenvalue weighted by molar-refractivity contribution is 7.10. The molecule has 2 heterocycles. The molecule has 5 N–H and O–H groups in total. The number of rotatable bonds is 14. The van der Waals surface area contributed by atoms with Crippen LogP contribution in [0, 0.1) is 17.2 Å². The van der Waals surface area contributed by atoms with Crippen molar-refractivity contribution in [3.8, 4) is 17.0 Å². The van der Waals surface area contributed by atoms with E-state index in [0.29, 0.717) is 24.3 Å². The number of thiophene rings is 1. The van der Waals surface area contributed by atoms with Crippen LogP contribution in [0.25, 0.3) is 11.1 Å². The largest absolute Gasteiger partial charge is 0.481 e. The molecule has 1 aliphatic rings. The summed E-state index contributed by atoms with van der Waals surface area (Å²) in [6, 6.07) is 16.7. The molecule has 3 amide bonds. The zero-order valence-corrected chi connectivity index (χ0v) is 32.0. The van der Waals surface area contributed by atoms with Crippen LogP contribution >= 0.6 is 11.3 Å². The van der Waals surface area contributed by atoms with Crippen molar-refractivity contribution in [2.24, 2.45) is 11.3 Å². The second-order valence-corrected chi connectivity index (χ2v) is 15.7. The van der Waals surface area contributed by atoms with E-state index in [1.807, 2.05) is 41.8 Å². The maximum atomic E-state index is 15.0. The van der Waals surface area contributed by atoms with Crippen molar-refractivity contribution in [2.45, 2.75) is 83.2 Å². The van der Waals surface area contributed by atoms with Crippen LogP contribution in [0.4, 0.5) is 9.18 Å². The highest BCUT2D eigenvalue weighted by atomic mass is 32.1. The number of nitrogens with zero attached hydrogens (tertiary/aromatic N) is 1. The molecule has 0 bridgehead atoms. The standard InChI is InChI=1S/C41H49FN4O7S/c1-41(2,3)37(46-40(51)53-5)39(50)44-31(20-24-10-12-25(13-11-24)27-14-17-35(52-4)43-23-27)33(48)22-28(21-26-8-6-7-9-30(26)42)38(49)45-36-29-18-19-54-34(29)16-15-32(36)47/h6-14,17-19,23,28,31-33,36-37,47-48H,15-16,20-22H2,1-5H3,(H,44,50)(H,45,49)(H,46,51)/t28-,31+,32-,33+,36+,37-/m1/s1. The zero-order chi connectivity index (χ0) is 39.0. The van der Waals surface area contributed by atoms with Crippen LogP contribution < -0.4 is 20.7 Å². The van der Waals surface area contributed by atoms with Crippen molar-refractivity contribution in [1.82, 2.24) is 20.9 Å². The van der Waals surface area contributed by atoms with E-state index < -0.39 is 65.4 Å². The Kier molecular flexibility index (Phi) is 13.4. The third-order valence-corrected chi connectivity index (χ3v) is 10.8. The predicted octanol–water partition coefficient (Wildman–Crippen LogP) is 5.53. The summed E-state index contributed by atoms with van der Waals surface area (Å²) in [5.41, 5.74) is 2.95. The predicted molar refractivity (Wildman–Crippen MR) is 204 cm³/mol. The van der Waals surface area contributed by atoms with E-state index in [0.717, 1.165) is 27.1 Å². The van der Waals surface area contributed by atoms with Crippen molar-refractivity contribution in [2.75, 3.05) is 14.2 Å². The number of aromatic nitrogens is 1. The number of methoxy groups -OCH3 is 2. The summed E-state index contributed by atoms with van der Waals surface area (Å²) in [4.78, 5) is 45.7. The van der Waals surface area contributed by atoms with Gasteiger partial charge in [0, 0.05) is 28.6 Å². The smallest absolute Gasteiger partial charge is 0.407 e. The number of amides is 3. The van der Waals surface area contributed by atoms with Crippen LogP contribution in [0.1, 0.15) is 61.2 Å². The molecule has 6 atom stereocenters. The summed E-state index contributed by atoms with van der Waals surface area (Å²) in [6.45, 7) is 5.37. The Labute approximate surface area is 319 Å². The number of ether oxygens (including phenoxy) is 2. The van der Waals surface area contributed by atoms with Crippen LogP contribution in [-0.4, -0.2) is 71.6 Å². The molecule has 0 saturated carbocycles. The summed E-state index contributed by atoms with van der Waals surface area (Å²) in [5, 5.41) is 33.4. The second kappa shape index (κ2) is 18.0. The summed E-state index contributed by atoms with van der Waals surface area (Å²) in [5.74, 6) is -1.94. The Morgan fingerprint density at radius 1 is 0.963 bits per heavy atom. The first-order chi connectivity index (χ1) is 25.8. The van der Waals surface area contributed by atoms with Crippen LogP contribution in [0.2, 0.25) is 0 Å². The van der Waals surface area contributed by atoms with Gasteiger partial charge < -0.3 is 35.6 Å². The van der Waals surface area contributed by atoms with Gasteiger partial charge in [0.15, 0.2) is 0 Å². The van der Waals surface area contributed by atoms with Gasteiger partial charge in [-0.25, -0.2) is 14.2 Å². The fourth-order valence-corrected chi connectivity index (χ4v) is 7.70. The van der Waals surface area contributed by atoms with Gasteiger partial charge in [0.2, 0.25) is 17.7 Å². The number of carbonyl (C=O) groups is 3. The average molecular weight is 761 g/mol. The number of pyridine rings is 1. The van der Waals surface area contributed by atoms with Crippen molar-refractivity contribution >= 4 is 29.2 Å². The van der Waals surface area contributed by atoms with Gasteiger partial charge in [-0.1, -0.05) is 63.2 Å². The molecule has 13 heteroatoms. The molecule has 54 heavy (non-hydrogen) atoms. The topological polar surface area (TPSA) is 159 Å². The monoisotopic (exact) mass is 760 g/mol. The molecule has 1 aliphatic carbocycles. The number of aliphatic hydroxyl groups excluding tert-OH is 2. The van der Waals surface area contributed by atoms with Gasteiger partial charge >= 0.3 is 6.09 Å². The number of aliphatic hydroxyl groups is 2. The first-order valence-electron chi connectivity index (χ1n) is 18.0. The molecule has 2 aromatic carbocycles. The minimum Gasteiger partial charge on any atom is -0.481 e. The zero-order valence-electron chi connectivity index (χ0n) is 31.2. The summed E-state index contributed by atoms with van der Waals surface area (Å²) in [7, 11) is 2.75. The van der Waals surface area contributed by atoms with E-state index >= 15 is 4.39 Å². The SMILES string of the molecule is COC(=O)N[C@H](C(=O)N[C@@H](Cc1ccc(-c2ccc(OC)nc2)cc1)[C@@H](O)C[C@@H](Cc1ccccc1F)C(=O)N[C@H]1c2ccsc2CC[C@H]1O)C(C)(C)C. The highest BCUT2D eigenvalue weighted by Gasteiger charge is 2.37. The number of alkyl carbamates (subject to hydrolysis) is 1. The van der Waals surface area contributed by atoms with E-state index in [1.54, 1.807) is 69.7 Å². The first-order valence-corrected chi connectivity index (χ1v) is 18.9. The molecule has 0 fully saturated rings. The third kappa shape index (κ3) is 10.2. The number of aryl methyl sites for hydroxylation is 1. The Balaban J connectivity index is 1.44. The van der Waals surface area contributed by atoms with Gasteiger partial charge in [0.25, 0.3) is 0 Å². The fraction of sp³-hybridized carbons (Fsp3) is 0.415. The van der Waals surface area contributed by atoms with E-state index in [-0.39, 0.29) is 19.3 Å². The molecular formula is C41H49FN4O7S. The molecule has 288 valence electrons. The van der Waals surface area contributed by atoms with Gasteiger partial charge in [0.05, 0.1) is 38.5 Å². The Morgan fingerprint density at radius 3 is 2.33 bits per heavy atom. The van der Waals surface area contributed by atoms with E-state index in [9.17, 15) is 24.6 Å². The molecule has 0 saturated heterocycles. The van der Waals surface area contributed by atoms with Crippen molar-refractivity contribution in [3.05, 3.63) is 106 Å². The molecule has 4 aromatic rings. The molecule has 11 nitrogen and oxygen atoms in total. The van der Waals surface area contributed by atoms with E-state index in [4.69, 9.17) is 9.47 Å². The lowest BCUT2D eigenvalue weighted by Crippen LogP contribution is -2.57. The van der Waals surface area contributed by atoms with Gasteiger partial charge in [-0.3, -0.25) is 9.59 Å². The first kappa shape index (κ1) is 40.3. The number of carbonyl (C=O) groups excluding carboxylic acids is 3. The molecular weight excluding hydrogens is 712 g/mol. The summed E-state index contributed by atoms with van der Waals surface area (Å²) >= 11 is 1.57. The number of benzene rings is 2. The molecule has 0 aliphatic heterocycles. The quantitative estimate of drug-likeness (QED) is 0.112. The van der Waals surface area contributed by atoms with Gasteiger partial charge in [-0.2, -0.15) is 0 Å². The minimum atomic E-state index is -1.30. The van der Waals surface area contributed by atoms with Crippen LogP contribution in [0.5, 0.6) is 5.88 Å². The number of hydrogen-bond acceptors (Lipinski definition) is 9. The van der Waals surface area contributed by atoms with Crippen LogP contribution in [0.3, 0.4) is 0 Å². The molecule has 2 aromatic heterocycles. The Morgan fingerprint density at radius 2 is 1.69 bits per heavy atom. The highest BCUT2D eigenvalue weighted by Crippen LogP contribution is 2.34. The maximum Gasteiger partial charge on any atom is 0.407 e. The number of fused-ring (bicyclic) bond motifs is 1. The number of hydrogen-bond donors (Lipinski definition) is 5. The third-order valence-electron chi connectivity index (χ3n) is 9.84. The van der Waals surface area contributed by atoms with Crippen LogP contribution in [0.15, 0.2) is 78.3 Å². The lowest BCUT2D eigenvalue weighted by molar-refractivity contribution is -0.128. The summed E-state index contributed by atoms with van der Waals surface area (Å²) < 4.78 is 25.0. The second-order valence-electron chi connectivity index (χ2n) is 14.7. The van der Waals surface area contributed by atoms with Crippen molar-refractivity contribution in [3.63, 3.8) is 0 Å². The molecule has 0 spiro atoms. The van der Waals surface area contributed by atoms with Gasteiger partial charge in [0.1, 0.15) is 11.9 Å². The Bertz CT molecular complexity index is 1880. The van der Waals surface area contributed by atoms with Crippen molar-refractivity contribution < 1.29 is 38.5 Å². The van der Waals surface area contributed by atoms with Crippen LogP contribution in [-0.2, 0) is 33.6 Å². The van der Waals surface area contributed by atoms with Gasteiger partial charge in [-0.05, 0) is 83.4 Å². The number of halogens is 1. The Hall–Kier alpha value is -4.85.